The molecule has 0 aromatic heterocycles. The van der Waals surface area contributed by atoms with Crippen molar-refractivity contribution in [2.75, 3.05) is 5.32 Å². The van der Waals surface area contributed by atoms with Crippen molar-refractivity contribution in [2.45, 2.75) is 12.5 Å². The van der Waals surface area contributed by atoms with Crippen LogP contribution < -0.4 is 5.32 Å². The quantitative estimate of drug-likeness (QED) is 0.774. The van der Waals surface area contributed by atoms with Crippen molar-refractivity contribution in [3.05, 3.63) is 27.3 Å². The zero-order chi connectivity index (χ0) is 9.42. The van der Waals surface area contributed by atoms with Crippen molar-refractivity contribution in [1.82, 2.24) is 0 Å². The van der Waals surface area contributed by atoms with Gasteiger partial charge in [0.15, 0.2) is 0 Å². The number of carboxylic acids is 1. The van der Waals surface area contributed by atoms with Crippen molar-refractivity contribution in [1.29, 1.82) is 0 Å². The Labute approximate surface area is 89.3 Å². The lowest BCUT2D eigenvalue weighted by Gasteiger charge is -2.03. The molecule has 0 saturated carbocycles. The number of hydrogen-bond donors (Lipinski definition) is 2. The Kier molecular flexibility index (Phi) is 2.15. The number of hydrogen-bond acceptors (Lipinski definition) is 2. The molecule has 13 heavy (non-hydrogen) atoms. The van der Waals surface area contributed by atoms with Gasteiger partial charge in [-0.05, 0) is 40.3 Å². The molecule has 4 heteroatoms. The number of halogens is 1. The van der Waals surface area contributed by atoms with Gasteiger partial charge in [0.25, 0.3) is 0 Å². The second-order valence-corrected chi connectivity index (χ2v) is 4.29. The zero-order valence-corrected chi connectivity index (χ0v) is 8.91. The van der Waals surface area contributed by atoms with E-state index in [1.54, 1.807) is 0 Å². The van der Waals surface area contributed by atoms with Crippen molar-refractivity contribution >= 4 is 34.2 Å². The summed E-state index contributed by atoms with van der Waals surface area (Å²) in [5.74, 6) is -0.786. The maximum absolute atomic E-state index is 10.7. The van der Waals surface area contributed by atoms with Crippen LogP contribution in [0.2, 0.25) is 0 Å². The minimum Gasteiger partial charge on any atom is -0.480 e. The molecule has 0 spiro atoms. The van der Waals surface area contributed by atoms with Gasteiger partial charge < -0.3 is 10.4 Å². The van der Waals surface area contributed by atoms with Crippen LogP contribution in [0.25, 0.3) is 0 Å². The highest BCUT2D eigenvalue weighted by molar-refractivity contribution is 14.1. The summed E-state index contributed by atoms with van der Waals surface area (Å²) < 4.78 is 1.12. The molecule has 2 N–H and O–H groups in total. The molecule has 0 aliphatic carbocycles. The Morgan fingerprint density at radius 2 is 2.38 bits per heavy atom. The van der Waals surface area contributed by atoms with E-state index in [1.807, 2.05) is 18.2 Å². The van der Waals surface area contributed by atoms with Gasteiger partial charge >= 0.3 is 5.97 Å². The van der Waals surface area contributed by atoms with E-state index in [4.69, 9.17) is 5.11 Å². The molecule has 0 fully saturated rings. The second kappa shape index (κ2) is 3.17. The monoisotopic (exact) mass is 289 g/mol. The van der Waals surface area contributed by atoms with Crippen LogP contribution in [0.1, 0.15) is 5.56 Å². The molecular formula is C9H8INO2. The minimum absolute atomic E-state index is 0.451. The fraction of sp³-hybridized carbons (Fsp3) is 0.222. The number of aliphatic carboxylic acids is 1. The van der Waals surface area contributed by atoms with E-state index < -0.39 is 12.0 Å². The Bertz CT molecular complexity index is 365. The number of anilines is 1. The van der Waals surface area contributed by atoms with Gasteiger partial charge in [-0.3, -0.25) is 0 Å². The number of fused-ring (bicyclic) bond motifs is 1. The number of rotatable bonds is 1. The fourth-order valence-electron chi connectivity index (χ4n) is 1.47. The van der Waals surface area contributed by atoms with E-state index in [0.29, 0.717) is 6.42 Å². The van der Waals surface area contributed by atoms with E-state index in [1.165, 1.54) is 0 Å². The van der Waals surface area contributed by atoms with Gasteiger partial charge in [0, 0.05) is 15.7 Å². The lowest BCUT2D eigenvalue weighted by atomic mass is 10.1. The van der Waals surface area contributed by atoms with Gasteiger partial charge in [-0.15, -0.1) is 0 Å². The summed E-state index contributed by atoms with van der Waals surface area (Å²) in [4.78, 5) is 10.7. The van der Waals surface area contributed by atoms with E-state index in [0.717, 1.165) is 14.8 Å². The number of benzene rings is 1. The summed E-state index contributed by atoms with van der Waals surface area (Å²) in [5, 5.41) is 11.8. The first-order valence-electron chi connectivity index (χ1n) is 3.94. The highest BCUT2D eigenvalue weighted by Crippen LogP contribution is 2.27. The summed E-state index contributed by atoms with van der Waals surface area (Å²) in [5.41, 5.74) is 2.05. The average molecular weight is 289 g/mol. The first-order valence-corrected chi connectivity index (χ1v) is 5.02. The molecule has 1 aliphatic heterocycles. The van der Waals surface area contributed by atoms with Crippen LogP contribution in [0.4, 0.5) is 5.69 Å². The molecule has 0 radical (unpaired) electrons. The lowest BCUT2D eigenvalue weighted by molar-refractivity contribution is -0.137. The number of carbonyl (C=O) groups is 1. The molecule has 1 heterocycles. The largest absolute Gasteiger partial charge is 0.480 e. The fourth-order valence-corrected chi connectivity index (χ4v) is 1.96. The summed E-state index contributed by atoms with van der Waals surface area (Å²) >= 11 is 2.21. The van der Waals surface area contributed by atoms with Gasteiger partial charge in [0.1, 0.15) is 6.04 Å². The maximum Gasteiger partial charge on any atom is 0.326 e. The van der Waals surface area contributed by atoms with Crippen molar-refractivity contribution in [2.24, 2.45) is 0 Å². The van der Waals surface area contributed by atoms with Crippen molar-refractivity contribution < 1.29 is 9.90 Å². The summed E-state index contributed by atoms with van der Waals surface area (Å²) in [6.45, 7) is 0. The third-order valence-electron chi connectivity index (χ3n) is 2.12. The standard InChI is InChI=1S/C9H8INO2/c10-6-2-1-5-3-8(9(12)13)11-7(5)4-6/h1-2,4,8,11H,3H2,(H,12,13)/t8-/m1/s1. The molecule has 1 aliphatic rings. The van der Waals surface area contributed by atoms with E-state index >= 15 is 0 Å². The number of nitrogens with one attached hydrogen (secondary N) is 1. The Hall–Kier alpha value is -0.780. The Morgan fingerprint density at radius 3 is 3.08 bits per heavy atom. The molecule has 68 valence electrons. The van der Waals surface area contributed by atoms with Crippen LogP contribution in [0.15, 0.2) is 18.2 Å². The molecule has 0 unspecified atom stereocenters. The average Bonchev–Trinajstić information content (AvgIpc) is 2.46. The van der Waals surface area contributed by atoms with Crippen LogP contribution in [0.3, 0.4) is 0 Å². The van der Waals surface area contributed by atoms with Gasteiger partial charge in [0.05, 0.1) is 0 Å². The maximum atomic E-state index is 10.7. The smallest absolute Gasteiger partial charge is 0.326 e. The second-order valence-electron chi connectivity index (χ2n) is 3.04. The summed E-state index contributed by atoms with van der Waals surface area (Å²) in [7, 11) is 0. The highest BCUT2D eigenvalue weighted by Gasteiger charge is 2.25. The van der Waals surface area contributed by atoms with E-state index in [-0.39, 0.29) is 0 Å². The van der Waals surface area contributed by atoms with Crippen LogP contribution in [0, 0.1) is 3.57 Å². The molecule has 1 aromatic carbocycles. The third kappa shape index (κ3) is 1.63. The molecule has 1 aromatic rings. The van der Waals surface area contributed by atoms with E-state index in [9.17, 15) is 4.79 Å². The predicted molar refractivity (Wildman–Crippen MR) is 57.9 cm³/mol. The normalized spacial score (nSPS) is 19.3. The van der Waals surface area contributed by atoms with Gasteiger partial charge in [-0.2, -0.15) is 0 Å². The highest BCUT2D eigenvalue weighted by atomic mass is 127. The molecule has 3 nitrogen and oxygen atoms in total. The van der Waals surface area contributed by atoms with Gasteiger partial charge in [-0.25, -0.2) is 4.79 Å². The first kappa shape index (κ1) is 8.80. The van der Waals surface area contributed by atoms with Crippen LogP contribution in [-0.4, -0.2) is 17.1 Å². The SMILES string of the molecule is O=C(O)[C@H]1Cc2ccc(I)cc2N1. The minimum atomic E-state index is -0.786. The van der Waals surface area contributed by atoms with Crippen molar-refractivity contribution in [3.63, 3.8) is 0 Å². The number of carboxylic acid groups (broad SMARTS) is 1. The lowest BCUT2D eigenvalue weighted by Crippen LogP contribution is -2.26. The predicted octanol–water partition coefficient (Wildman–Crippen LogP) is 1.71. The topological polar surface area (TPSA) is 49.3 Å². The van der Waals surface area contributed by atoms with Crippen LogP contribution in [0.5, 0.6) is 0 Å². The zero-order valence-electron chi connectivity index (χ0n) is 6.75. The Balaban J connectivity index is 2.30. The van der Waals surface area contributed by atoms with Crippen LogP contribution >= 0.6 is 22.6 Å². The molecule has 2 rings (SSSR count). The van der Waals surface area contributed by atoms with E-state index in [2.05, 4.69) is 27.9 Å². The van der Waals surface area contributed by atoms with Crippen LogP contribution in [-0.2, 0) is 11.2 Å². The summed E-state index contributed by atoms with van der Waals surface area (Å²) in [6.07, 6.45) is 0.585. The molecular weight excluding hydrogens is 281 g/mol. The van der Waals surface area contributed by atoms with Gasteiger partial charge in [-0.1, -0.05) is 6.07 Å². The van der Waals surface area contributed by atoms with Gasteiger partial charge in [0.2, 0.25) is 0 Å². The molecule has 0 bridgehead atoms. The molecule has 0 amide bonds. The summed E-state index contributed by atoms with van der Waals surface area (Å²) in [6, 6.07) is 5.49. The first-order chi connectivity index (χ1) is 6.16. The Morgan fingerprint density at radius 1 is 1.62 bits per heavy atom. The third-order valence-corrected chi connectivity index (χ3v) is 2.79. The van der Waals surface area contributed by atoms with Crippen molar-refractivity contribution in [3.8, 4) is 0 Å². The molecule has 0 saturated heterocycles. The molecule has 1 atom stereocenters.